The maximum atomic E-state index is 13.0. The first kappa shape index (κ1) is 21.7. The average Bonchev–Trinajstić information content (AvgIpc) is 3.10. The van der Waals surface area contributed by atoms with Gasteiger partial charge >= 0.3 is 0 Å². The van der Waals surface area contributed by atoms with Crippen molar-refractivity contribution in [2.75, 3.05) is 26.7 Å². The summed E-state index contributed by atoms with van der Waals surface area (Å²) in [5.41, 5.74) is 2.54. The van der Waals surface area contributed by atoms with Crippen LogP contribution in [0.3, 0.4) is 0 Å². The third-order valence-corrected chi connectivity index (χ3v) is 5.43. The zero-order chi connectivity index (χ0) is 18.5. The molecular formula is C20H28Cl2N4O. The van der Waals surface area contributed by atoms with E-state index in [0.717, 1.165) is 50.3 Å². The second-order valence-electron chi connectivity index (χ2n) is 6.88. The number of carbonyl (C=O) groups is 1. The Bertz CT molecular complexity index is 754. The molecule has 148 valence electrons. The molecule has 0 bridgehead atoms. The number of piperidine rings is 1. The summed E-state index contributed by atoms with van der Waals surface area (Å²) in [7, 11) is 1.99. The number of aromatic nitrogens is 2. The van der Waals surface area contributed by atoms with Crippen molar-refractivity contribution in [2.24, 2.45) is 5.92 Å². The Morgan fingerprint density at radius 1 is 1.33 bits per heavy atom. The minimum atomic E-state index is 0. The number of benzene rings is 1. The second-order valence-corrected chi connectivity index (χ2v) is 7.31. The lowest BCUT2D eigenvalue weighted by atomic mass is 9.93. The van der Waals surface area contributed by atoms with Gasteiger partial charge in [0.2, 0.25) is 0 Å². The normalized spacial score (nSPS) is 14.9. The third-order valence-electron chi connectivity index (χ3n) is 5.19. The quantitative estimate of drug-likeness (QED) is 0.783. The van der Waals surface area contributed by atoms with Gasteiger partial charge in [-0.15, -0.1) is 12.4 Å². The van der Waals surface area contributed by atoms with Crippen molar-refractivity contribution in [3.8, 4) is 5.69 Å². The first-order chi connectivity index (χ1) is 12.6. The van der Waals surface area contributed by atoms with Crippen LogP contribution in [0.5, 0.6) is 0 Å². The fraction of sp³-hybridized carbons (Fsp3) is 0.500. The van der Waals surface area contributed by atoms with Crippen LogP contribution in [0.2, 0.25) is 5.02 Å². The van der Waals surface area contributed by atoms with Crippen LogP contribution in [0.25, 0.3) is 5.69 Å². The Hall–Kier alpha value is -1.56. The van der Waals surface area contributed by atoms with Gasteiger partial charge in [0.25, 0.3) is 5.91 Å². The summed E-state index contributed by atoms with van der Waals surface area (Å²) >= 11 is 6.11. The molecule has 5 nitrogen and oxygen atoms in total. The molecule has 3 rings (SSSR count). The van der Waals surface area contributed by atoms with Gasteiger partial charge in [-0.3, -0.25) is 4.79 Å². The molecule has 1 saturated heterocycles. The number of nitrogens with zero attached hydrogens (tertiary/aromatic N) is 3. The van der Waals surface area contributed by atoms with Gasteiger partial charge in [0.1, 0.15) is 0 Å². The maximum absolute atomic E-state index is 13.0. The number of likely N-dealkylation sites (tertiary alicyclic amines) is 1. The van der Waals surface area contributed by atoms with Gasteiger partial charge < -0.3 is 10.2 Å². The summed E-state index contributed by atoms with van der Waals surface area (Å²) in [6.07, 6.45) is 5.79. The standard InChI is InChI=1S/C20H27ClN4O.ClH/c1-3-19-18(14-23-25(19)17-6-4-5-16(21)13-17)20(26)24-11-8-15(9-12-24)7-10-22-2;/h4-6,13-15,22H,3,7-12H2,1-2H3;1H. The molecule has 1 fully saturated rings. The zero-order valence-electron chi connectivity index (χ0n) is 15.9. The molecule has 0 saturated carbocycles. The molecule has 1 aromatic heterocycles. The molecule has 0 aliphatic carbocycles. The highest BCUT2D eigenvalue weighted by molar-refractivity contribution is 6.30. The Balaban J connectivity index is 0.00000261. The molecule has 0 unspecified atom stereocenters. The van der Waals surface area contributed by atoms with E-state index < -0.39 is 0 Å². The van der Waals surface area contributed by atoms with E-state index in [0.29, 0.717) is 16.5 Å². The van der Waals surface area contributed by atoms with E-state index in [1.807, 2.05) is 40.9 Å². The highest BCUT2D eigenvalue weighted by atomic mass is 35.5. The van der Waals surface area contributed by atoms with Crippen LogP contribution < -0.4 is 5.32 Å². The van der Waals surface area contributed by atoms with E-state index in [4.69, 9.17) is 11.6 Å². The molecular weight excluding hydrogens is 383 g/mol. The Morgan fingerprint density at radius 3 is 2.70 bits per heavy atom. The average molecular weight is 411 g/mol. The number of amides is 1. The van der Waals surface area contributed by atoms with Crippen molar-refractivity contribution < 1.29 is 4.79 Å². The topological polar surface area (TPSA) is 50.2 Å². The van der Waals surface area contributed by atoms with Crippen molar-refractivity contribution >= 4 is 29.9 Å². The Morgan fingerprint density at radius 2 is 2.07 bits per heavy atom. The van der Waals surface area contributed by atoms with Gasteiger partial charge in [-0.1, -0.05) is 24.6 Å². The van der Waals surface area contributed by atoms with Crippen LogP contribution in [0, 0.1) is 5.92 Å². The molecule has 1 aliphatic rings. The molecule has 0 radical (unpaired) electrons. The molecule has 1 aromatic carbocycles. The number of halogens is 2. The SMILES string of the molecule is CCc1c(C(=O)N2CCC(CCNC)CC2)cnn1-c1cccc(Cl)c1.Cl. The van der Waals surface area contributed by atoms with E-state index in [9.17, 15) is 4.79 Å². The lowest BCUT2D eigenvalue weighted by molar-refractivity contribution is 0.0686. The van der Waals surface area contributed by atoms with Crippen LogP contribution in [0.4, 0.5) is 0 Å². The number of hydrogen-bond donors (Lipinski definition) is 1. The molecule has 1 aliphatic heterocycles. The van der Waals surface area contributed by atoms with Crippen LogP contribution in [-0.2, 0) is 6.42 Å². The number of rotatable bonds is 6. The summed E-state index contributed by atoms with van der Waals surface area (Å²) in [5, 5.41) is 8.35. The summed E-state index contributed by atoms with van der Waals surface area (Å²) in [5.74, 6) is 0.813. The summed E-state index contributed by atoms with van der Waals surface area (Å²) in [6, 6.07) is 7.56. The van der Waals surface area contributed by atoms with E-state index in [2.05, 4.69) is 17.3 Å². The fourth-order valence-corrected chi connectivity index (χ4v) is 3.85. The van der Waals surface area contributed by atoms with Crippen LogP contribution >= 0.6 is 24.0 Å². The van der Waals surface area contributed by atoms with Crippen molar-refractivity contribution in [3.05, 3.63) is 46.7 Å². The first-order valence-electron chi connectivity index (χ1n) is 9.40. The van der Waals surface area contributed by atoms with Gasteiger partial charge in [0.15, 0.2) is 0 Å². The van der Waals surface area contributed by atoms with Crippen molar-refractivity contribution in [2.45, 2.75) is 32.6 Å². The molecule has 27 heavy (non-hydrogen) atoms. The zero-order valence-corrected chi connectivity index (χ0v) is 17.5. The van der Waals surface area contributed by atoms with Crippen molar-refractivity contribution in [1.29, 1.82) is 0 Å². The highest BCUT2D eigenvalue weighted by Gasteiger charge is 2.26. The largest absolute Gasteiger partial charge is 0.339 e. The fourth-order valence-electron chi connectivity index (χ4n) is 3.67. The van der Waals surface area contributed by atoms with Gasteiger partial charge in [-0.25, -0.2) is 4.68 Å². The van der Waals surface area contributed by atoms with E-state index in [-0.39, 0.29) is 18.3 Å². The lowest BCUT2D eigenvalue weighted by Crippen LogP contribution is -2.39. The molecule has 0 spiro atoms. The molecule has 1 amide bonds. The van der Waals surface area contributed by atoms with Gasteiger partial charge in [0.05, 0.1) is 23.1 Å². The monoisotopic (exact) mass is 410 g/mol. The van der Waals surface area contributed by atoms with Crippen LogP contribution in [-0.4, -0.2) is 47.3 Å². The van der Waals surface area contributed by atoms with Crippen LogP contribution in [0.1, 0.15) is 42.2 Å². The molecule has 7 heteroatoms. The van der Waals surface area contributed by atoms with E-state index in [1.54, 1.807) is 6.20 Å². The van der Waals surface area contributed by atoms with Crippen molar-refractivity contribution in [1.82, 2.24) is 20.0 Å². The van der Waals surface area contributed by atoms with Crippen molar-refractivity contribution in [3.63, 3.8) is 0 Å². The molecule has 2 aromatic rings. The number of nitrogens with one attached hydrogen (secondary N) is 1. The summed E-state index contributed by atoms with van der Waals surface area (Å²) in [4.78, 5) is 15.0. The van der Waals surface area contributed by atoms with Gasteiger partial charge in [0, 0.05) is 18.1 Å². The minimum absolute atomic E-state index is 0. The van der Waals surface area contributed by atoms with Gasteiger partial charge in [-0.2, -0.15) is 5.10 Å². The Kier molecular flexibility index (Phi) is 8.14. The third kappa shape index (κ3) is 5.03. The highest BCUT2D eigenvalue weighted by Crippen LogP contribution is 2.24. The predicted octanol–water partition coefficient (Wildman–Crippen LogP) is 3.97. The summed E-state index contributed by atoms with van der Waals surface area (Å²) in [6.45, 7) is 4.77. The maximum Gasteiger partial charge on any atom is 0.257 e. The first-order valence-corrected chi connectivity index (χ1v) is 9.78. The molecule has 0 atom stereocenters. The minimum Gasteiger partial charge on any atom is -0.339 e. The molecule has 1 N–H and O–H groups in total. The van der Waals surface area contributed by atoms with E-state index in [1.165, 1.54) is 6.42 Å². The van der Waals surface area contributed by atoms with Gasteiger partial charge in [-0.05, 0) is 63.4 Å². The molecule has 2 heterocycles. The number of carbonyl (C=O) groups excluding carboxylic acids is 1. The second kappa shape index (κ2) is 10.1. The van der Waals surface area contributed by atoms with E-state index >= 15 is 0 Å². The number of hydrogen-bond acceptors (Lipinski definition) is 3. The van der Waals surface area contributed by atoms with Crippen LogP contribution in [0.15, 0.2) is 30.5 Å². The summed E-state index contributed by atoms with van der Waals surface area (Å²) < 4.78 is 1.83. The Labute approximate surface area is 172 Å². The predicted molar refractivity (Wildman–Crippen MR) is 112 cm³/mol. The lowest BCUT2D eigenvalue weighted by Gasteiger charge is -2.32. The smallest absolute Gasteiger partial charge is 0.257 e.